The van der Waals surface area contributed by atoms with Crippen molar-refractivity contribution in [3.05, 3.63) is 77.1 Å². The van der Waals surface area contributed by atoms with Gasteiger partial charge >= 0.3 is 5.97 Å². The van der Waals surface area contributed by atoms with Crippen LogP contribution in [-0.4, -0.2) is 23.3 Å². The van der Waals surface area contributed by atoms with Crippen LogP contribution in [0.2, 0.25) is 5.02 Å². The molecule has 0 fully saturated rings. The summed E-state index contributed by atoms with van der Waals surface area (Å²) in [7, 11) is 0. The number of Topliss-reactive ketones (excluding diaryl/α,β-unsaturated/α-hetero) is 1. The minimum Gasteiger partial charge on any atom is -0.453 e. The van der Waals surface area contributed by atoms with Gasteiger partial charge in [0.05, 0.1) is 0 Å². The number of halogens is 1. The molecule has 0 radical (unpaired) electrons. The summed E-state index contributed by atoms with van der Waals surface area (Å²) >= 11 is 5.80. The molecule has 4 nitrogen and oxygen atoms in total. The van der Waals surface area contributed by atoms with Crippen molar-refractivity contribution in [2.75, 3.05) is 6.61 Å². The molecule has 0 saturated heterocycles. The summed E-state index contributed by atoms with van der Waals surface area (Å²) in [5, 5.41) is 2.17. The van der Waals surface area contributed by atoms with Crippen LogP contribution in [0.4, 0.5) is 0 Å². The highest BCUT2D eigenvalue weighted by molar-refractivity contribution is 6.30. The van der Waals surface area contributed by atoms with Gasteiger partial charge in [0.1, 0.15) is 5.69 Å². The van der Waals surface area contributed by atoms with E-state index in [2.05, 4.69) is 4.98 Å². The lowest BCUT2D eigenvalue weighted by Crippen LogP contribution is -2.15. The maximum Gasteiger partial charge on any atom is 0.357 e. The first-order valence-corrected chi connectivity index (χ1v) is 7.32. The van der Waals surface area contributed by atoms with E-state index < -0.39 is 5.97 Å². The molecular weight excluding hydrogens is 314 g/mol. The molecule has 23 heavy (non-hydrogen) atoms. The van der Waals surface area contributed by atoms with Crippen molar-refractivity contribution >= 4 is 34.1 Å². The Morgan fingerprint density at radius 2 is 1.83 bits per heavy atom. The molecule has 0 aliphatic rings. The number of fused-ring (bicyclic) bond motifs is 1. The van der Waals surface area contributed by atoms with E-state index in [-0.39, 0.29) is 18.1 Å². The molecule has 0 aliphatic carbocycles. The lowest BCUT2D eigenvalue weighted by molar-refractivity contribution is 0.0469. The van der Waals surface area contributed by atoms with E-state index in [0.29, 0.717) is 10.6 Å². The third kappa shape index (κ3) is 3.38. The summed E-state index contributed by atoms with van der Waals surface area (Å²) in [4.78, 5) is 28.1. The van der Waals surface area contributed by atoms with Crippen LogP contribution in [0.1, 0.15) is 20.8 Å². The fraction of sp³-hybridized carbons (Fsp3) is 0.0556. The van der Waals surface area contributed by atoms with Crippen LogP contribution in [0.5, 0.6) is 0 Å². The molecule has 0 unspecified atom stereocenters. The third-order valence-electron chi connectivity index (χ3n) is 3.36. The maximum atomic E-state index is 12.3. The van der Waals surface area contributed by atoms with E-state index in [0.717, 1.165) is 10.8 Å². The number of rotatable bonds is 4. The first kappa shape index (κ1) is 15.2. The van der Waals surface area contributed by atoms with Gasteiger partial charge in [0.15, 0.2) is 6.61 Å². The van der Waals surface area contributed by atoms with Gasteiger partial charge in [-0.1, -0.05) is 54.1 Å². The fourth-order valence-corrected chi connectivity index (χ4v) is 2.43. The Kier molecular flexibility index (Phi) is 4.35. The first-order chi connectivity index (χ1) is 11.1. The minimum absolute atomic E-state index is 0.0724. The van der Waals surface area contributed by atoms with Crippen molar-refractivity contribution in [3.63, 3.8) is 0 Å². The maximum absolute atomic E-state index is 12.3. The molecular formula is C18H12ClNO3. The van der Waals surface area contributed by atoms with Gasteiger partial charge in [-0.15, -0.1) is 0 Å². The fourth-order valence-electron chi connectivity index (χ4n) is 2.27. The first-order valence-electron chi connectivity index (χ1n) is 6.95. The molecule has 0 spiro atoms. The topological polar surface area (TPSA) is 56.3 Å². The van der Waals surface area contributed by atoms with E-state index in [1.807, 2.05) is 30.3 Å². The molecule has 1 aromatic heterocycles. The van der Waals surface area contributed by atoms with Crippen LogP contribution in [0.15, 0.2) is 60.8 Å². The Hall–Kier alpha value is -2.72. The van der Waals surface area contributed by atoms with Gasteiger partial charge in [0.25, 0.3) is 0 Å². The number of aromatic nitrogens is 1. The largest absolute Gasteiger partial charge is 0.453 e. The Bertz CT molecular complexity index is 887. The summed E-state index contributed by atoms with van der Waals surface area (Å²) in [5.41, 5.74) is 0.596. The number of esters is 1. The number of hydrogen-bond acceptors (Lipinski definition) is 4. The molecule has 5 heteroatoms. The zero-order valence-electron chi connectivity index (χ0n) is 12.0. The normalized spacial score (nSPS) is 10.5. The second-order valence-corrected chi connectivity index (χ2v) is 5.32. The number of ketones is 1. The minimum atomic E-state index is -0.680. The molecule has 0 aliphatic heterocycles. The Morgan fingerprint density at radius 1 is 1.04 bits per heavy atom. The number of nitrogens with zero attached hydrogens (tertiary/aromatic N) is 1. The zero-order chi connectivity index (χ0) is 16.2. The van der Waals surface area contributed by atoms with Crippen molar-refractivity contribution < 1.29 is 14.3 Å². The van der Waals surface area contributed by atoms with Gasteiger partial charge in [0, 0.05) is 16.8 Å². The molecule has 114 valence electrons. The number of ether oxygens (including phenoxy) is 1. The quantitative estimate of drug-likeness (QED) is 0.539. The predicted octanol–water partition coefficient (Wildman–Crippen LogP) is 3.93. The Labute approximate surface area is 137 Å². The highest BCUT2D eigenvalue weighted by Crippen LogP contribution is 2.19. The van der Waals surface area contributed by atoms with E-state index >= 15 is 0 Å². The number of hydrogen-bond donors (Lipinski definition) is 0. The van der Waals surface area contributed by atoms with Crippen molar-refractivity contribution in [1.82, 2.24) is 4.98 Å². The summed E-state index contributed by atoms with van der Waals surface area (Å²) in [6, 6.07) is 15.9. The van der Waals surface area contributed by atoms with Crippen LogP contribution in [-0.2, 0) is 4.74 Å². The average Bonchev–Trinajstić information content (AvgIpc) is 2.59. The average molecular weight is 326 g/mol. The third-order valence-corrected chi connectivity index (χ3v) is 3.59. The second kappa shape index (κ2) is 6.58. The molecule has 3 aromatic rings. The van der Waals surface area contributed by atoms with Gasteiger partial charge in [0.2, 0.25) is 5.78 Å². The van der Waals surface area contributed by atoms with Gasteiger partial charge < -0.3 is 4.74 Å². The number of benzene rings is 2. The van der Waals surface area contributed by atoms with Crippen molar-refractivity contribution in [1.29, 1.82) is 0 Å². The highest BCUT2D eigenvalue weighted by Gasteiger charge is 2.14. The molecule has 0 amide bonds. The van der Waals surface area contributed by atoms with Crippen LogP contribution >= 0.6 is 11.6 Å². The number of carbonyl (C=O) groups excluding carboxylic acids is 2. The van der Waals surface area contributed by atoms with Crippen LogP contribution < -0.4 is 0 Å². The summed E-state index contributed by atoms with van der Waals surface area (Å²) in [6.45, 7) is -0.346. The summed E-state index contributed by atoms with van der Waals surface area (Å²) in [6.07, 6.45) is 1.41. The zero-order valence-corrected chi connectivity index (χ0v) is 12.8. The second-order valence-electron chi connectivity index (χ2n) is 4.89. The molecule has 1 heterocycles. The predicted molar refractivity (Wildman–Crippen MR) is 87.8 cm³/mol. The van der Waals surface area contributed by atoms with Crippen LogP contribution in [0.3, 0.4) is 0 Å². The molecule has 3 rings (SSSR count). The number of carbonyl (C=O) groups is 2. The molecule has 0 atom stereocenters. The Morgan fingerprint density at radius 3 is 2.65 bits per heavy atom. The highest BCUT2D eigenvalue weighted by atomic mass is 35.5. The van der Waals surface area contributed by atoms with Gasteiger partial charge in [-0.05, 0) is 22.9 Å². The van der Waals surface area contributed by atoms with Crippen LogP contribution in [0, 0.1) is 0 Å². The lowest BCUT2D eigenvalue weighted by Gasteiger charge is -2.07. The van der Waals surface area contributed by atoms with Gasteiger partial charge in [-0.2, -0.15) is 0 Å². The molecule has 0 saturated carbocycles. The Balaban J connectivity index is 1.75. The number of pyridine rings is 1. The summed E-state index contributed by atoms with van der Waals surface area (Å²) < 4.78 is 5.04. The van der Waals surface area contributed by atoms with Crippen molar-refractivity contribution in [2.24, 2.45) is 0 Å². The summed E-state index contributed by atoms with van der Waals surface area (Å²) in [5.74, 6) is -0.946. The van der Waals surface area contributed by atoms with E-state index in [9.17, 15) is 9.59 Å². The smallest absolute Gasteiger partial charge is 0.357 e. The van der Waals surface area contributed by atoms with E-state index in [1.165, 1.54) is 12.3 Å². The SMILES string of the molecule is O=C(OCC(=O)c1cccc2ccccc12)c1cc(Cl)ccn1. The van der Waals surface area contributed by atoms with Gasteiger partial charge in [-0.3, -0.25) is 4.79 Å². The van der Waals surface area contributed by atoms with E-state index in [1.54, 1.807) is 18.2 Å². The molecule has 2 aromatic carbocycles. The van der Waals surface area contributed by atoms with Crippen molar-refractivity contribution in [3.8, 4) is 0 Å². The van der Waals surface area contributed by atoms with Crippen LogP contribution in [0.25, 0.3) is 10.8 Å². The van der Waals surface area contributed by atoms with Gasteiger partial charge in [-0.25, -0.2) is 9.78 Å². The standard InChI is InChI=1S/C18H12ClNO3/c19-13-8-9-20-16(10-13)18(22)23-11-17(21)15-7-3-5-12-4-1-2-6-14(12)15/h1-10H,11H2. The lowest BCUT2D eigenvalue weighted by atomic mass is 10.0. The monoisotopic (exact) mass is 325 g/mol. The van der Waals surface area contributed by atoms with Crippen molar-refractivity contribution in [2.45, 2.75) is 0 Å². The van der Waals surface area contributed by atoms with E-state index in [4.69, 9.17) is 16.3 Å². The molecule has 0 bridgehead atoms. The molecule has 0 N–H and O–H groups in total.